The van der Waals surface area contributed by atoms with E-state index < -0.39 is 10.0 Å². The summed E-state index contributed by atoms with van der Waals surface area (Å²) in [7, 11) is -2.02. The van der Waals surface area contributed by atoms with Crippen molar-refractivity contribution in [2.45, 2.75) is 38.3 Å². The van der Waals surface area contributed by atoms with Crippen molar-refractivity contribution in [1.29, 1.82) is 0 Å². The average molecular weight is 437 g/mol. The molecule has 0 bridgehead atoms. The maximum atomic E-state index is 12.8. The van der Waals surface area contributed by atoms with Gasteiger partial charge in [-0.05, 0) is 56.2 Å². The molecule has 162 valence electrons. The first kappa shape index (κ1) is 22.7. The Bertz CT molecular complexity index is 1140. The fourth-order valence-corrected chi connectivity index (χ4v) is 4.37. The third kappa shape index (κ3) is 5.60. The van der Waals surface area contributed by atoms with Crippen molar-refractivity contribution < 1.29 is 13.2 Å². The molecule has 0 aliphatic carbocycles. The number of sulfonamides is 1. The van der Waals surface area contributed by atoms with E-state index in [9.17, 15) is 13.2 Å². The van der Waals surface area contributed by atoms with E-state index in [-0.39, 0.29) is 23.4 Å². The topological polar surface area (TPSA) is 66.5 Å². The van der Waals surface area contributed by atoms with Crippen LogP contribution in [0, 0.1) is 13.8 Å². The molecule has 6 heteroatoms. The van der Waals surface area contributed by atoms with Crippen molar-refractivity contribution in [1.82, 2.24) is 9.62 Å². The minimum Gasteiger partial charge on any atom is -0.346 e. The highest BCUT2D eigenvalue weighted by Gasteiger charge is 2.21. The highest BCUT2D eigenvalue weighted by molar-refractivity contribution is 7.89. The minimum atomic E-state index is -3.58. The van der Waals surface area contributed by atoms with Gasteiger partial charge in [0.25, 0.3) is 5.91 Å². The molecule has 3 rings (SSSR count). The number of amides is 1. The Morgan fingerprint density at radius 3 is 1.94 bits per heavy atom. The summed E-state index contributed by atoms with van der Waals surface area (Å²) < 4.78 is 26.8. The third-order valence-electron chi connectivity index (χ3n) is 5.28. The summed E-state index contributed by atoms with van der Waals surface area (Å²) in [6.45, 7) is 6.11. The van der Waals surface area contributed by atoms with Gasteiger partial charge in [0, 0.05) is 19.2 Å². The average Bonchev–Trinajstić information content (AvgIpc) is 2.75. The lowest BCUT2D eigenvalue weighted by atomic mass is 10.1. The number of hydrogen-bond acceptors (Lipinski definition) is 3. The van der Waals surface area contributed by atoms with Crippen molar-refractivity contribution in [2.24, 2.45) is 0 Å². The highest BCUT2D eigenvalue weighted by Crippen LogP contribution is 2.18. The normalized spacial score (nSPS) is 12.5. The summed E-state index contributed by atoms with van der Waals surface area (Å²) in [5.41, 5.74) is 4.56. The Balaban J connectivity index is 1.64. The van der Waals surface area contributed by atoms with Crippen LogP contribution >= 0.6 is 0 Å². The molecule has 3 aromatic rings. The molecule has 0 aliphatic rings. The molecule has 3 aromatic carbocycles. The van der Waals surface area contributed by atoms with Crippen LogP contribution in [0.4, 0.5) is 0 Å². The zero-order valence-corrected chi connectivity index (χ0v) is 19.1. The van der Waals surface area contributed by atoms with E-state index in [0.29, 0.717) is 5.56 Å². The molecule has 0 fully saturated rings. The Hall–Kier alpha value is -2.96. The number of carbonyl (C=O) groups excluding carboxylic acids is 1. The van der Waals surface area contributed by atoms with Crippen LogP contribution < -0.4 is 5.32 Å². The quantitative estimate of drug-likeness (QED) is 0.588. The lowest BCUT2D eigenvalue weighted by Gasteiger charge is -2.18. The Labute approximate surface area is 184 Å². The number of rotatable bonds is 7. The molecular weight excluding hydrogens is 408 g/mol. The molecule has 31 heavy (non-hydrogen) atoms. The van der Waals surface area contributed by atoms with E-state index in [1.165, 1.54) is 9.87 Å². The second-order valence-corrected chi connectivity index (χ2v) is 9.92. The fraction of sp³-hybridized carbons (Fsp3) is 0.240. The van der Waals surface area contributed by atoms with Gasteiger partial charge in [-0.15, -0.1) is 0 Å². The van der Waals surface area contributed by atoms with Crippen LogP contribution in [0.5, 0.6) is 0 Å². The van der Waals surface area contributed by atoms with Crippen LogP contribution in [0.1, 0.15) is 45.6 Å². The van der Waals surface area contributed by atoms with E-state index in [2.05, 4.69) is 5.32 Å². The number of carbonyl (C=O) groups is 1. The summed E-state index contributed by atoms with van der Waals surface area (Å²) in [4.78, 5) is 12.8. The van der Waals surface area contributed by atoms with Crippen LogP contribution in [0.25, 0.3) is 0 Å². The Morgan fingerprint density at radius 1 is 0.871 bits per heavy atom. The van der Waals surface area contributed by atoms with Gasteiger partial charge in [-0.3, -0.25) is 4.79 Å². The van der Waals surface area contributed by atoms with Crippen LogP contribution in [-0.2, 0) is 16.6 Å². The molecule has 0 saturated carbocycles. The van der Waals surface area contributed by atoms with Crippen molar-refractivity contribution in [3.63, 3.8) is 0 Å². The molecule has 0 heterocycles. The molecule has 1 N–H and O–H groups in total. The van der Waals surface area contributed by atoms with E-state index in [1.54, 1.807) is 55.6 Å². The Kier molecular flexibility index (Phi) is 6.93. The SMILES string of the molecule is Cc1ccc([C@H](C)NC(=O)c2ccc(CN(C)S(=O)(=O)c3ccc(C)cc3)cc2)cc1. The molecule has 5 nitrogen and oxygen atoms in total. The maximum absolute atomic E-state index is 12.8. The molecule has 1 amide bonds. The van der Waals surface area contributed by atoms with Gasteiger partial charge in [-0.2, -0.15) is 4.31 Å². The van der Waals surface area contributed by atoms with Gasteiger partial charge < -0.3 is 5.32 Å². The van der Waals surface area contributed by atoms with Gasteiger partial charge in [0.15, 0.2) is 0 Å². The first-order valence-electron chi connectivity index (χ1n) is 10.2. The predicted molar refractivity (Wildman–Crippen MR) is 123 cm³/mol. The fourth-order valence-electron chi connectivity index (χ4n) is 3.21. The second kappa shape index (κ2) is 9.45. The maximum Gasteiger partial charge on any atom is 0.251 e. The van der Waals surface area contributed by atoms with Crippen molar-refractivity contribution >= 4 is 15.9 Å². The number of aryl methyl sites for hydroxylation is 2. The monoisotopic (exact) mass is 436 g/mol. The van der Waals surface area contributed by atoms with E-state index >= 15 is 0 Å². The van der Waals surface area contributed by atoms with E-state index in [4.69, 9.17) is 0 Å². The molecule has 0 saturated heterocycles. The Morgan fingerprint density at radius 2 is 1.39 bits per heavy atom. The van der Waals surface area contributed by atoms with Gasteiger partial charge in [-0.25, -0.2) is 8.42 Å². The number of nitrogens with one attached hydrogen (secondary N) is 1. The summed E-state index contributed by atoms with van der Waals surface area (Å²) in [5, 5.41) is 3.00. The summed E-state index contributed by atoms with van der Waals surface area (Å²) in [6, 6.07) is 21.8. The zero-order valence-electron chi connectivity index (χ0n) is 18.3. The van der Waals surface area contributed by atoms with Crippen LogP contribution in [-0.4, -0.2) is 25.7 Å². The summed E-state index contributed by atoms with van der Waals surface area (Å²) in [6.07, 6.45) is 0. The van der Waals surface area contributed by atoms with Crippen LogP contribution in [0.15, 0.2) is 77.7 Å². The minimum absolute atomic E-state index is 0.112. The van der Waals surface area contributed by atoms with Crippen LogP contribution in [0.2, 0.25) is 0 Å². The summed E-state index contributed by atoms with van der Waals surface area (Å²) >= 11 is 0. The largest absolute Gasteiger partial charge is 0.346 e. The molecule has 0 aliphatic heterocycles. The molecule has 0 spiro atoms. The van der Waals surface area contributed by atoms with E-state index in [0.717, 1.165) is 16.7 Å². The second-order valence-electron chi connectivity index (χ2n) is 7.88. The molecule has 0 radical (unpaired) electrons. The van der Waals surface area contributed by atoms with Gasteiger partial charge in [0.05, 0.1) is 10.9 Å². The van der Waals surface area contributed by atoms with Gasteiger partial charge >= 0.3 is 0 Å². The summed E-state index contributed by atoms with van der Waals surface area (Å²) in [5.74, 6) is -0.166. The van der Waals surface area contributed by atoms with Crippen molar-refractivity contribution in [3.05, 3.63) is 101 Å². The number of nitrogens with zero attached hydrogens (tertiary/aromatic N) is 1. The van der Waals surface area contributed by atoms with Crippen molar-refractivity contribution in [2.75, 3.05) is 7.05 Å². The zero-order chi connectivity index (χ0) is 22.6. The van der Waals surface area contributed by atoms with Gasteiger partial charge in [0.1, 0.15) is 0 Å². The highest BCUT2D eigenvalue weighted by atomic mass is 32.2. The predicted octanol–water partition coefficient (Wildman–Crippen LogP) is 4.62. The lowest BCUT2D eigenvalue weighted by Crippen LogP contribution is -2.27. The third-order valence-corrected chi connectivity index (χ3v) is 7.09. The first-order chi connectivity index (χ1) is 14.7. The van der Waals surface area contributed by atoms with Gasteiger partial charge in [0.2, 0.25) is 10.0 Å². The van der Waals surface area contributed by atoms with Crippen LogP contribution in [0.3, 0.4) is 0 Å². The van der Waals surface area contributed by atoms with Gasteiger partial charge in [-0.1, -0.05) is 59.7 Å². The lowest BCUT2D eigenvalue weighted by molar-refractivity contribution is 0.0940. The molecule has 1 atom stereocenters. The smallest absolute Gasteiger partial charge is 0.251 e. The number of benzene rings is 3. The number of hydrogen-bond donors (Lipinski definition) is 1. The standard InChI is InChI=1S/C25H28N2O3S/c1-18-5-11-22(12-6-18)20(3)26-25(28)23-13-9-21(10-14-23)17-27(4)31(29,30)24-15-7-19(2)8-16-24/h5-16,20H,17H2,1-4H3,(H,26,28)/t20-/m0/s1. The molecule has 0 aromatic heterocycles. The first-order valence-corrected chi connectivity index (χ1v) is 11.6. The molecule has 0 unspecified atom stereocenters. The van der Waals surface area contributed by atoms with E-state index in [1.807, 2.05) is 45.0 Å². The van der Waals surface area contributed by atoms with Crippen molar-refractivity contribution in [3.8, 4) is 0 Å². The molecular formula is C25H28N2O3S.